The van der Waals surface area contributed by atoms with Gasteiger partial charge < -0.3 is 15.4 Å². The van der Waals surface area contributed by atoms with E-state index in [4.69, 9.17) is 10.5 Å². The van der Waals surface area contributed by atoms with Crippen molar-refractivity contribution in [2.45, 2.75) is 25.0 Å². The van der Waals surface area contributed by atoms with Gasteiger partial charge in [-0.15, -0.1) is 12.4 Å². The van der Waals surface area contributed by atoms with E-state index in [9.17, 15) is 4.79 Å². The van der Waals surface area contributed by atoms with Gasteiger partial charge in [0.2, 0.25) is 5.91 Å². The number of carbonyl (C=O) groups excluding carboxylic acids is 1. The van der Waals surface area contributed by atoms with Gasteiger partial charge in [0.05, 0.1) is 18.8 Å². The largest absolute Gasteiger partial charge is 0.375 e. The van der Waals surface area contributed by atoms with Crippen LogP contribution in [-0.4, -0.2) is 36.5 Å². The highest BCUT2D eigenvalue weighted by molar-refractivity contribution is 5.88. The van der Waals surface area contributed by atoms with Crippen LogP contribution in [0.2, 0.25) is 0 Å². The number of carbonyl (C=O) groups is 1. The Kier molecular flexibility index (Phi) is 5.79. The summed E-state index contributed by atoms with van der Waals surface area (Å²) in [4.78, 5) is 13.5. The van der Waals surface area contributed by atoms with E-state index in [0.717, 1.165) is 18.4 Å². The zero-order chi connectivity index (χ0) is 13.0. The van der Waals surface area contributed by atoms with E-state index in [1.54, 1.807) is 11.9 Å². The molecule has 0 aromatic heterocycles. The molecule has 0 unspecified atom stereocenters. The van der Waals surface area contributed by atoms with E-state index in [2.05, 4.69) is 0 Å². The van der Waals surface area contributed by atoms with Crippen LogP contribution >= 0.6 is 12.4 Å². The third-order valence-corrected chi connectivity index (χ3v) is 3.24. The normalized spacial score (nSPS) is 15.5. The fourth-order valence-electron chi connectivity index (χ4n) is 1.80. The second kappa shape index (κ2) is 6.89. The van der Waals surface area contributed by atoms with Crippen molar-refractivity contribution in [2.24, 2.45) is 5.73 Å². The first kappa shape index (κ1) is 16.0. The van der Waals surface area contributed by atoms with Gasteiger partial charge in [-0.1, -0.05) is 30.3 Å². The lowest BCUT2D eigenvalue weighted by atomic mass is 10.2. The molecule has 1 amide bonds. The lowest BCUT2D eigenvalue weighted by Gasteiger charge is -2.20. The Balaban J connectivity index is 0.00000180. The maximum absolute atomic E-state index is 11.8. The summed E-state index contributed by atoms with van der Waals surface area (Å²) in [5.41, 5.74) is 6.42. The van der Waals surface area contributed by atoms with Crippen LogP contribution in [0.5, 0.6) is 0 Å². The number of amides is 1. The molecule has 19 heavy (non-hydrogen) atoms. The summed E-state index contributed by atoms with van der Waals surface area (Å²) in [6.07, 6.45) is 1.61. The van der Waals surface area contributed by atoms with Crippen LogP contribution in [0.3, 0.4) is 0 Å². The number of benzene rings is 1. The van der Waals surface area contributed by atoms with Crippen molar-refractivity contribution in [1.82, 2.24) is 4.90 Å². The standard InChI is InChI=1S/C14H20N2O2.ClH/c1-16(13(17)14(15)7-8-14)9-10-18-11-12-5-3-2-4-6-12;/h2-6H,7-11,15H2,1H3;1H. The van der Waals surface area contributed by atoms with E-state index in [1.165, 1.54) is 0 Å². The maximum atomic E-state index is 11.8. The van der Waals surface area contributed by atoms with Crippen LogP contribution in [0, 0.1) is 0 Å². The van der Waals surface area contributed by atoms with Gasteiger partial charge in [-0.2, -0.15) is 0 Å². The zero-order valence-corrected chi connectivity index (χ0v) is 12.0. The molecule has 0 heterocycles. The van der Waals surface area contributed by atoms with Gasteiger partial charge in [0.15, 0.2) is 0 Å². The van der Waals surface area contributed by atoms with Crippen LogP contribution in [0.15, 0.2) is 30.3 Å². The molecule has 1 aliphatic rings. The zero-order valence-electron chi connectivity index (χ0n) is 11.2. The smallest absolute Gasteiger partial charge is 0.242 e. The molecule has 1 aromatic rings. The number of halogens is 1. The van der Waals surface area contributed by atoms with Crippen molar-refractivity contribution in [3.8, 4) is 0 Å². The van der Waals surface area contributed by atoms with Crippen LogP contribution in [0.25, 0.3) is 0 Å². The molecule has 1 fully saturated rings. The average Bonchev–Trinajstić information content (AvgIpc) is 3.14. The molecule has 0 aliphatic heterocycles. The fourth-order valence-corrected chi connectivity index (χ4v) is 1.80. The second-order valence-electron chi connectivity index (χ2n) is 4.92. The molecule has 0 saturated heterocycles. The molecule has 1 saturated carbocycles. The van der Waals surface area contributed by atoms with Crippen molar-refractivity contribution in [2.75, 3.05) is 20.2 Å². The minimum atomic E-state index is -0.575. The maximum Gasteiger partial charge on any atom is 0.242 e. The van der Waals surface area contributed by atoms with Gasteiger partial charge in [0.25, 0.3) is 0 Å². The van der Waals surface area contributed by atoms with Crippen LogP contribution < -0.4 is 5.73 Å². The summed E-state index contributed by atoms with van der Waals surface area (Å²) in [7, 11) is 1.78. The molecule has 5 heteroatoms. The van der Waals surface area contributed by atoms with Gasteiger partial charge >= 0.3 is 0 Å². The van der Waals surface area contributed by atoms with Crippen molar-refractivity contribution < 1.29 is 9.53 Å². The Labute approximate surface area is 120 Å². The number of hydrogen-bond acceptors (Lipinski definition) is 3. The summed E-state index contributed by atoms with van der Waals surface area (Å²) >= 11 is 0. The van der Waals surface area contributed by atoms with Crippen LogP contribution in [0.1, 0.15) is 18.4 Å². The number of ether oxygens (including phenoxy) is 1. The number of likely N-dealkylation sites (N-methyl/N-ethyl adjacent to an activating group) is 1. The van der Waals surface area contributed by atoms with E-state index >= 15 is 0 Å². The molecule has 2 rings (SSSR count). The van der Waals surface area contributed by atoms with Gasteiger partial charge in [0, 0.05) is 13.6 Å². The predicted octanol–water partition coefficient (Wildman–Crippen LogP) is 1.57. The highest BCUT2D eigenvalue weighted by Gasteiger charge is 2.47. The van der Waals surface area contributed by atoms with Gasteiger partial charge in [-0.25, -0.2) is 0 Å². The summed E-state index contributed by atoms with van der Waals surface area (Å²) in [6.45, 7) is 1.70. The molecule has 4 nitrogen and oxygen atoms in total. The molecule has 0 atom stereocenters. The summed E-state index contributed by atoms with van der Waals surface area (Å²) in [6, 6.07) is 9.99. The first-order valence-electron chi connectivity index (χ1n) is 6.28. The lowest BCUT2D eigenvalue weighted by molar-refractivity contribution is -0.133. The molecule has 2 N–H and O–H groups in total. The second-order valence-corrected chi connectivity index (χ2v) is 4.92. The van der Waals surface area contributed by atoms with E-state index in [1.807, 2.05) is 30.3 Å². The highest BCUT2D eigenvalue weighted by atomic mass is 35.5. The SMILES string of the molecule is CN(CCOCc1ccccc1)C(=O)C1(N)CC1.Cl. The van der Waals surface area contributed by atoms with Gasteiger partial charge in [-0.05, 0) is 18.4 Å². The number of nitrogens with two attached hydrogens (primary N) is 1. The van der Waals surface area contributed by atoms with E-state index < -0.39 is 5.54 Å². The fraction of sp³-hybridized carbons (Fsp3) is 0.500. The molecule has 1 aliphatic carbocycles. The van der Waals surface area contributed by atoms with Crippen molar-refractivity contribution in [3.63, 3.8) is 0 Å². The molecule has 0 bridgehead atoms. The minimum Gasteiger partial charge on any atom is -0.375 e. The Bertz CT molecular complexity index is 407. The first-order valence-corrected chi connectivity index (χ1v) is 6.28. The number of nitrogens with zero attached hydrogens (tertiary/aromatic N) is 1. The van der Waals surface area contributed by atoms with Crippen LogP contribution in [-0.2, 0) is 16.1 Å². The topological polar surface area (TPSA) is 55.6 Å². The van der Waals surface area contributed by atoms with Gasteiger partial charge in [0.1, 0.15) is 0 Å². The summed E-state index contributed by atoms with van der Waals surface area (Å²) in [5.74, 6) is 0.0332. The van der Waals surface area contributed by atoms with Crippen molar-refractivity contribution in [3.05, 3.63) is 35.9 Å². The van der Waals surface area contributed by atoms with Gasteiger partial charge in [-0.3, -0.25) is 4.79 Å². The lowest BCUT2D eigenvalue weighted by Crippen LogP contribution is -2.44. The minimum absolute atomic E-state index is 0. The first-order chi connectivity index (χ1) is 8.62. The van der Waals surface area contributed by atoms with E-state index in [0.29, 0.717) is 19.8 Å². The number of rotatable bonds is 6. The highest BCUT2D eigenvalue weighted by Crippen LogP contribution is 2.33. The Hall–Kier alpha value is -1.10. The predicted molar refractivity (Wildman–Crippen MR) is 77.1 cm³/mol. The monoisotopic (exact) mass is 284 g/mol. The molecule has 0 radical (unpaired) electrons. The Morgan fingerprint density at radius 2 is 2.00 bits per heavy atom. The van der Waals surface area contributed by atoms with Crippen molar-refractivity contribution in [1.29, 1.82) is 0 Å². The van der Waals surface area contributed by atoms with Crippen molar-refractivity contribution >= 4 is 18.3 Å². The molecule has 106 valence electrons. The third-order valence-electron chi connectivity index (χ3n) is 3.24. The quantitative estimate of drug-likeness (QED) is 0.807. The molecule has 1 aromatic carbocycles. The molecular weight excluding hydrogens is 264 g/mol. The average molecular weight is 285 g/mol. The van der Waals surface area contributed by atoms with E-state index in [-0.39, 0.29) is 18.3 Å². The summed E-state index contributed by atoms with van der Waals surface area (Å²) < 4.78 is 5.54. The summed E-state index contributed by atoms with van der Waals surface area (Å²) in [5, 5.41) is 0. The Morgan fingerprint density at radius 1 is 1.37 bits per heavy atom. The third kappa shape index (κ3) is 4.49. The molecular formula is C14H21ClN2O2. The molecule has 0 spiro atoms. The number of hydrogen-bond donors (Lipinski definition) is 1. The Morgan fingerprint density at radius 3 is 2.58 bits per heavy atom. The van der Waals surface area contributed by atoms with Crippen LogP contribution in [0.4, 0.5) is 0 Å².